The zero-order chi connectivity index (χ0) is 11.8. The standard InChI is InChI=1S/C14H21NO/c1-4-6-7-14(15-5-2)12-8-10-13(16-3)11-9-12/h4,8-11,14-15H,1,5-7H2,2-3H3. The molecule has 0 amide bonds. The third-order valence-electron chi connectivity index (χ3n) is 2.63. The fourth-order valence-electron chi connectivity index (χ4n) is 1.75. The molecule has 1 rings (SSSR count). The molecule has 2 heteroatoms. The molecule has 1 aromatic rings. The summed E-state index contributed by atoms with van der Waals surface area (Å²) in [5.74, 6) is 0.905. The van der Waals surface area contributed by atoms with Crippen molar-refractivity contribution in [3.8, 4) is 5.75 Å². The van der Waals surface area contributed by atoms with E-state index in [0.29, 0.717) is 6.04 Å². The summed E-state index contributed by atoms with van der Waals surface area (Å²) in [6.45, 7) is 6.88. The van der Waals surface area contributed by atoms with Crippen LogP contribution in [0.1, 0.15) is 31.4 Å². The second kappa shape index (κ2) is 7.07. The molecule has 0 heterocycles. The lowest BCUT2D eigenvalue weighted by atomic mass is 10.0. The molecule has 16 heavy (non-hydrogen) atoms. The van der Waals surface area contributed by atoms with E-state index < -0.39 is 0 Å². The molecule has 1 aromatic carbocycles. The Hall–Kier alpha value is -1.28. The largest absolute Gasteiger partial charge is 0.497 e. The van der Waals surface area contributed by atoms with Gasteiger partial charge in [-0.2, -0.15) is 0 Å². The Labute approximate surface area is 98.3 Å². The first-order chi connectivity index (χ1) is 7.81. The predicted octanol–water partition coefficient (Wildman–Crippen LogP) is 3.31. The van der Waals surface area contributed by atoms with Crippen LogP contribution < -0.4 is 10.1 Å². The quantitative estimate of drug-likeness (QED) is 0.710. The molecule has 0 aromatic heterocycles. The smallest absolute Gasteiger partial charge is 0.118 e. The molecule has 0 aliphatic heterocycles. The fraction of sp³-hybridized carbons (Fsp3) is 0.429. The lowest BCUT2D eigenvalue weighted by Gasteiger charge is -2.17. The van der Waals surface area contributed by atoms with Crippen molar-refractivity contribution in [1.29, 1.82) is 0 Å². The van der Waals surface area contributed by atoms with Crippen LogP contribution in [0.15, 0.2) is 36.9 Å². The van der Waals surface area contributed by atoms with Crippen LogP contribution >= 0.6 is 0 Å². The van der Waals surface area contributed by atoms with E-state index >= 15 is 0 Å². The number of methoxy groups -OCH3 is 1. The van der Waals surface area contributed by atoms with Gasteiger partial charge in [0.05, 0.1) is 7.11 Å². The highest BCUT2D eigenvalue weighted by molar-refractivity contribution is 5.29. The molecule has 0 saturated heterocycles. The van der Waals surface area contributed by atoms with Crippen molar-refractivity contribution in [2.24, 2.45) is 0 Å². The van der Waals surface area contributed by atoms with Crippen LogP contribution in [0.3, 0.4) is 0 Å². The highest BCUT2D eigenvalue weighted by atomic mass is 16.5. The zero-order valence-electron chi connectivity index (χ0n) is 10.2. The summed E-state index contributed by atoms with van der Waals surface area (Å²) in [6, 6.07) is 8.67. The highest BCUT2D eigenvalue weighted by Crippen LogP contribution is 2.21. The van der Waals surface area contributed by atoms with Gasteiger partial charge in [-0.25, -0.2) is 0 Å². The first-order valence-electron chi connectivity index (χ1n) is 5.80. The van der Waals surface area contributed by atoms with E-state index in [9.17, 15) is 0 Å². The molecular weight excluding hydrogens is 198 g/mol. The molecule has 0 bridgehead atoms. The number of benzene rings is 1. The van der Waals surface area contributed by atoms with E-state index in [0.717, 1.165) is 25.1 Å². The predicted molar refractivity (Wildman–Crippen MR) is 68.8 cm³/mol. The van der Waals surface area contributed by atoms with Crippen LogP contribution in [0.25, 0.3) is 0 Å². The van der Waals surface area contributed by atoms with Crippen LogP contribution in [-0.4, -0.2) is 13.7 Å². The van der Waals surface area contributed by atoms with E-state index in [-0.39, 0.29) is 0 Å². The van der Waals surface area contributed by atoms with Gasteiger partial charge in [-0.3, -0.25) is 0 Å². The molecule has 0 radical (unpaired) electrons. The van der Waals surface area contributed by atoms with Gasteiger partial charge in [-0.1, -0.05) is 25.1 Å². The van der Waals surface area contributed by atoms with Crippen molar-refractivity contribution in [2.45, 2.75) is 25.8 Å². The molecule has 0 spiro atoms. The molecule has 1 atom stereocenters. The van der Waals surface area contributed by atoms with Crippen LogP contribution in [-0.2, 0) is 0 Å². The number of nitrogens with one attached hydrogen (secondary N) is 1. The first-order valence-corrected chi connectivity index (χ1v) is 5.80. The van der Waals surface area contributed by atoms with E-state index in [1.54, 1.807) is 7.11 Å². The van der Waals surface area contributed by atoms with Crippen molar-refractivity contribution in [2.75, 3.05) is 13.7 Å². The average molecular weight is 219 g/mol. The molecule has 0 aliphatic rings. The van der Waals surface area contributed by atoms with Gasteiger partial charge in [-0.05, 0) is 37.1 Å². The molecule has 0 fully saturated rings. The summed E-state index contributed by atoms with van der Waals surface area (Å²) < 4.78 is 5.15. The number of rotatable bonds is 7. The van der Waals surface area contributed by atoms with Gasteiger partial charge in [0.15, 0.2) is 0 Å². The van der Waals surface area contributed by atoms with E-state index in [4.69, 9.17) is 4.74 Å². The maximum absolute atomic E-state index is 5.15. The second-order valence-electron chi connectivity index (χ2n) is 3.75. The minimum Gasteiger partial charge on any atom is -0.497 e. The van der Waals surface area contributed by atoms with E-state index in [1.165, 1.54) is 5.56 Å². The second-order valence-corrected chi connectivity index (χ2v) is 3.75. The van der Waals surface area contributed by atoms with Crippen LogP contribution in [0, 0.1) is 0 Å². The van der Waals surface area contributed by atoms with Crippen molar-refractivity contribution >= 4 is 0 Å². The molecule has 2 nitrogen and oxygen atoms in total. The van der Waals surface area contributed by atoms with E-state index in [1.807, 2.05) is 18.2 Å². The number of hydrogen-bond acceptors (Lipinski definition) is 2. The third-order valence-corrected chi connectivity index (χ3v) is 2.63. The summed E-state index contributed by atoms with van der Waals surface area (Å²) in [6.07, 6.45) is 4.08. The zero-order valence-corrected chi connectivity index (χ0v) is 10.2. The minimum absolute atomic E-state index is 0.411. The molecule has 0 aliphatic carbocycles. The van der Waals surface area contributed by atoms with Crippen LogP contribution in [0.5, 0.6) is 5.75 Å². The summed E-state index contributed by atoms with van der Waals surface area (Å²) >= 11 is 0. The Morgan fingerprint density at radius 1 is 1.38 bits per heavy atom. The van der Waals surface area contributed by atoms with Gasteiger partial charge >= 0.3 is 0 Å². The molecule has 0 saturated carbocycles. The number of allylic oxidation sites excluding steroid dienone is 1. The maximum Gasteiger partial charge on any atom is 0.118 e. The van der Waals surface area contributed by atoms with Gasteiger partial charge in [-0.15, -0.1) is 6.58 Å². The molecule has 1 unspecified atom stereocenters. The number of ether oxygens (including phenoxy) is 1. The summed E-state index contributed by atoms with van der Waals surface area (Å²) in [7, 11) is 1.69. The normalized spacial score (nSPS) is 12.1. The topological polar surface area (TPSA) is 21.3 Å². The van der Waals surface area contributed by atoms with Crippen molar-refractivity contribution < 1.29 is 4.74 Å². The molecule has 1 N–H and O–H groups in total. The van der Waals surface area contributed by atoms with Gasteiger partial charge < -0.3 is 10.1 Å². The Morgan fingerprint density at radius 3 is 2.56 bits per heavy atom. The lowest BCUT2D eigenvalue weighted by Crippen LogP contribution is -2.20. The molecule has 88 valence electrons. The SMILES string of the molecule is C=CCCC(NCC)c1ccc(OC)cc1. The van der Waals surface area contributed by atoms with Gasteiger partial charge in [0, 0.05) is 6.04 Å². The van der Waals surface area contributed by atoms with Gasteiger partial charge in [0.2, 0.25) is 0 Å². The fourth-order valence-corrected chi connectivity index (χ4v) is 1.75. The Bertz CT molecular complexity index is 305. The Morgan fingerprint density at radius 2 is 2.06 bits per heavy atom. The minimum atomic E-state index is 0.411. The van der Waals surface area contributed by atoms with Crippen molar-refractivity contribution in [3.63, 3.8) is 0 Å². The average Bonchev–Trinajstić information content (AvgIpc) is 2.35. The maximum atomic E-state index is 5.15. The molecular formula is C14H21NO. The van der Waals surface area contributed by atoms with Crippen LogP contribution in [0.4, 0.5) is 0 Å². The third kappa shape index (κ3) is 3.70. The van der Waals surface area contributed by atoms with Gasteiger partial charge in [0.1, 0.15) is 5.75 Å². The first kappa shape index (κ1) is 12.8. The van der Waals surface area contributed by atoms with E-state index in [2.05, 4.69) is 31.0 Å². The Balaban J connectivity index is 2.70. The summed E-state index contributed by atoms with van der Waals surface area (Å²) in [5, 5.41) is 3.48. The van der Waals surface area contributed by atoms with Crippen molar-refractivity contribution in [3.05, 3.63) is 42.5 Å². The van der Waals surface area contributed by atoms with Crippen LogP contribution in [0.2, 0.25) is 0 Å². The summed E-state index contributed by atoms with van der Waals surface area (Å²) in [4.78, 5) is 0. The monoisotopic (exact) mass is 219 g/mol. The Kier molecular flexibility index (Phi) is 5.65. The van der Waals surface area contributed by atoms with Gasteiger partial charge in [0.25, 0.3) is 0 Å². The highest BCUT2D eigenvalue weighted by Gasteiger charge is 2.08. The lowest BCUT2D eigenvalue weighted by molar-refractivity contribution is 0.414. The number of hydrogen-bond donors (Lipinski definition) is 1. The van der Waals surface area contributed by atoms with Crippen molar-refractivity contribution in [1.82, 2.24) is 5.32 Å². The summed E-state index contributed by atoms with van der Waals surface area (Å²) in [5.41, 5.74) is 1.31.